The van der Waals surface area contributed by atoms with Gasteiger partial charge >= 0.3 is 6.36 Å². The van der Waals surface area contributed by atoms with Crippen molar-refractivity contribution in [3.8, 4) is 5.75 Å². The average molecular weight is 374 g/mol. The molecule has 0 fully saturated rings. The second kappa shape index (κ2) is 7.33. The normalized spacial score (nSPS) is 12.5. The second-order valence-electron chi connectivity index (χ2n) is 4.35. The number of nitrogens with two attached hydrogens (primary N) is 1. The van der Waals surface area contributed by atoms with Crippen LogP contribution >= 0.6 is 24.0 Å². The van der Waals surface area contributed by atoms with E-state index in [2.05, 4.69) is 4.74 Å². The molecule has 23 heavy (non-hydrogen) atoms. The van der Waals surface area contributed by atoms with E-state index in [1.807, 2.05) is 0 Å². The van der Waals surface area contributed by atoms with E-state index in [-0.39, 0.29) is 23.5 Å². The number of ether oxygens (including phenoxy) is 1. The van der Waals surface area contributed by atoms with Crippen LogP contribution in [0.3, 0.4) is 0 Å². The van der Waals surface area contributed by atoms with Gasteiger partial charge < -0.3 is 10.5 Å². The maximum absolute atomic E-state index is 13.8. The van der Waals surface area contributed by atoms with Gasteiger partial charge in [-0.15, -0.1) is 25.6 Å². The number of hydrogen-bond donors (Lipinski definition) is 1. The zero-order valence-corrected chi connectivity index (χ0v) is 12.8. The van der Waals surface area contributed by atoms with E-state index >= 15 is 0 Å². The average Bonchev–Trinajstić information content (AvgIpc) is 2.42. The van der Waals surface area contributed by atoms with Crippen molar-refractivity contribution < 1.29 is 26.7 Å². The van der Waals surface area contributed by atoms with Crippen molar-refractivity contribution in [1.29, 1.82) is 0 Å². The maximum atomic E-state index is 13.8. The quantitative estimate of drug-likeness (QED) is 0.607. The summed E-state index contributed by atoms with van der Waals surface area (Å²) >= 11 is 5.69. The largest absolute Gasteiger partial charge is 0.573 e. The Hall–Kier alpha value is -1.57. The molecule has 126 valence electrons. The molecule has 2 aromatic rings. The molecule has 2 N–H and O–H groups in total. The Labute approximate surface area is 139 Å². The fourth-order valence-corrected chi connectivity index (χ4v) is 2.14. The van der Waals surface area contributed by atoms with Crippen LogP contribution in [0.2, 0.25) is 5.02 Å². The molecule has 2 nitrogen and oxygen atoms in total. The molecule has 0 spiro atoms. The first kappa shape index (κ1) is 19.5. The van der Waals surface area contributed by atoms with Gasteiger partial charge in [0.15, 0.2) is 0 Å². The lowest BCUT2D eigenvalue weighted by atomic mass is 9.99. The van der Waals surface area contributed by atoms with Gasteiger partial charge in [-0.3, -0.25) is 0 Å². The Morgan fingerprint density at radius 2 is 1.48 bits per heavy atom. The van der Waals surface area contributed by atoms with Crippen LogP contribution in [0, 0.1) is 11.6 Å². The Bertz CT molecular complexity index is 676. The number of rotatable bonds is 3. The fraction of sp³-hybridized carbons (Fsp3) is 0.143. The van der Waals surface area contributed by atoms with Crippen molar-refractivity contribution >= 4 is 24.0 Å². The van der Waals surface area contributed by atoms with Gasteiger partial charge in [-0.05, 0) is 29.8 Å². The molecule has 0 aliphatic carbocycles. The molecule has 0 saturated heterocycles. The first-order valence-electron chi connectivity index (χ1n) is 5.93. The highest BCUT2D eigenvalue weighted by molar-refractivity contribution is 6.31. The fourth-order valence-electron chi connectivity index (χ4n) is 1.87. The standard InChI is InChI=1S/C14H9ClF5NO.ClH/c15-12-10(17)6-5-9(16)11(12)13(21)7-1-3-8(4-2-7)22-14(18,19)20;/h1-6,13H,21H2;1H/t13-;/m0./s1. The number of hydrogen-bond acceptors (Lipinski definition) is 2. The van der Waals surface area contributed by atoms with Crippen molar-refractivity contribution in [2.45, 2.75) is 12.4 Å². The summed E-state index contributed by atoms with van der Waals surface area (Å²) in [5.41, 5.74) is 5.79. The van der Waals surface area contributed by atoms with Crippen LogP contribution in [0.15, 0.2) is 36.4 Å². The monoisotopic (exact) mass is 373 g/mol. The van der Waals surface area contributed by atoms with Gasteiger partial charge in [-0.2, -0.15) is 0 Å². The molecule has 0 unspecified atom stereocenters. The third kappa shape index (κ3) is 4.70. The summed E-state index contributed by atoms with van der Waals surface area (Å²) in [5.74, 6) is -2.10. The van der Waals surface area contributed by atoms with Crippen LogP contribution in [0.4, 0.5) is 22.0 Å². The smallest absolute Gasteiger partial charge is 0.406 e. The summed E-state index contributed by atoms with van der Waals surface area (Å²) in [6, 6.07) is 5.06. The topological polar surface area (TPSA) is 35.2 Å². The van der Waals surface area contributed by atoms with E-state index in [0.29, 0.717) is 0 Å². The van der Waals surface area contributed by atoms with E-state index in [9.17, 15) is 22.0 Å². The summed E-state index contributed by atoms with van der Waals surface area (Å²) in [6.45, 7) is 0. The van der Waals surface area contributed by atoms with Crippen molar-refractivity contribution in [1.82, 2.24) is 0 Å². The van der Waals surface area contributed by atoms with Crippen LogP contribution in [0.25, 0.3) is 0 Å². The van der Waals surface area contributed by atoms with Crippen molar-refractivity contribution in [2.75, 3.05) is 0 Å². The van der Waals surface area contributed by atoms with Crippen LogP contribution in [0.1, 0.15) is 17.2 Å². The van der Waals surface area contributed by atoms with Gasteiger partial charge in [0.2, 0.25) is 0 Å². The van der Waals surface area contributed by atoms with Crippen LogP contribution < -0.4 is 10.5 Å². The maximum Gasteiger partial charge on any atom is 0.573 e. The SMILES string of the molecule is Cl.N[C@@H](c1ccc(OC(F)(F)F)cc1)c1c(F)ccc(F)c1Cl. The number of halogens is 7. The lowest BCUT2D eigenvalue weighted by molar-refractivity contribution is -0.274. The molecule has 1 atom stereocenters. The zero-order chi connectivity index (χ0) is 16.5. The van der Waals surface area contributed by atoms with E-state index in [1.54, 1.807) is 0 Å². The Kier molecular flexibility index (Phi) is 6.21. The minimum Gasteiger partial charge on any atom is -0.406 e. The zero-order valence-electron chi connectivity index (χ0n) is 11.2. The van der Waals surface area contributed by atoms with E-state index in [1.165, 1.54) is 12.1 Å². The summed E-state index contributed by atoms with van der Waals surface area (Å²) in [6.07, 6.45) is -4.82. The molecular weight excluding hydrogens is 364 g/mol. The molecule has 9 heteroatoms. The molecule has 0 amide bonds. The van der Waals surface area contributed by atoms with Crippen molar-refractivity contribution in [3.63, 3.8) is 0 Å². The van der Waals surface area contributed by atoms with E-state index in [4.69, 9.17) is 17.3 Å². The van der Waals surface area contributed by atoms with Gasteiger partial charge in [0, 0.05) is 5.56 Å². The lowest BCUT2D eigenvalue weighted by Crippen LogP contribution is -2.18. The summed E-state index contributed by atoms with van der Waals surface area (Å²) in [5, 5.41) is -0.469. The van der Waals surface area contributed by atoms with E-state index in [0.717, 1.165) is 24.3 Å². The van der Waals surface area contributed by atoms with Crippen molar-refractivity contribution in [2.24, 2.45) is 5.73 Å². The Balaban J connectivity index is 0.00000264. The predicted octanol–water partition coefficient (Wildman–Crippen LogP) is 4.99. The molecule has 0 radical (unpaired) electrons. The van der Waals surface area contributed by atoms with Gasteiger partial charge in [0.25, 0.3) is 0 Å². The predicted molar refractivity (Wildman–Crippen MR) is 77.8 cm³/mol. The highest BCUT2D eigenvalue weighted by Crippen LogP contribution is 2.32. The molecule has 2 rings (SSSR count). The first-order valence-corrected chi connectivity index (χ1v) is 6.31. The minimum atomic E-state index is -4.82. The highest BCUT2D eigenvalue weighted by Gasteiger charge is 2.31. The first-order chi connectivity index (χ1) is 10.2. The number of alkyl halides is 3. The summed E-state index contributed by atoms with van der Waals surface area (Å²) in [4.78, 5) is 0. The van der Waals surface area contributed by atoms with Crippen LogP contribution in [-0.2, 0) is 0 Å². The van der Waals surface area contributed by atoms with Crippen LogP contribution in [0.5, 0.6) is 5.75 Å². The van der Waals surface area contributed by atoms with Crippen molar-refractivity contribution in [3.05, 3.63) is 64.2 Å². The molecule has 2 aromatic carbocycles. The number of benzene rings is 2. The second-order valence-corrected chi connectivity index (χ2v) is 4.73. The molecule has 0 bridgehead atoms. The molecule has 0 heterocycles. The van der Waals surface area contributed by atoms with E-state index < -0.39 is 34.8 Å². The molecular formula is C14H10Cl2F5NO. The molecule has 0 saturated carbocycles. The Morgan fingerprint density at radius 3 is 2.00 bits per heavy atom. The van der Waals surface area contributed by atoms with Gasteiger partial charge in [-0.25, -0.2) is 8.78 Å². The van der Waals surface area contributed by atoms with Gasteiger partial charge in [-0.1, -0.05) is 23.7 Å². The van der Waals surface area contributed by atoms with Crippen LogP contribution in [-0.4, -0.2) is 6.36 Å². The third-order valence-electron chi connectivity index (χ3n) is 2.86. The molecule has 0 aliphatic heterocycles. The minimum absolute atomic E-state index is 0. The molecule has 0 aromatic heterocycles. The summed E-state index contributed by atoms with van der Waals surface area (Å²) in [7, 11) is 0. The van der Waals surface area contributed by atoms with Gasteiger partial charge in [0.05, 0.1) is 11.1 Å². The molecule has 0 aliphatic rings. The third-order valence-corrected chi connectivity index (χ3v) is 3.25. The lowest BCUT2D eigenvalue weighted by Gasteiger charge is -2.16. The van der Waals surface area contributed by atoms with Gasteiger partial charge in [0.1, 0.15) is 17.4 Å². The summed E-state index contributed by atoms with van der Waals surface area (Å²) < 4.78 is 67.0. The Morgan fingerprint density at radius 1 is 0.957 bits per heavy atom. The highest BCUT2D eigenvalue weighted by atomic mass is 35.5.